The minimum Gasteiger partial charge on any atom is -0.476 e. The highest BCUT2D eigenvalue weighted by Gasteiger charge is 2.35. The van der Waals surface area contributed by atoms with E-state index in [9.17, 15) is 13.2 Å². The lowest BCUT2D eigenvalue weighted by atomic mass is 9.86. The Kier molecular flexibility index (Phi) is 7.40. The maximum Gasteiger partial charge on any atom is 0.263 e. The van der Waals surface area contributed by atoms with Crippen LogP contribution in [0.3, 0.4) is 0 Å². The molecular weight excluding hydrogens is 466 g/mol. The van der Waals surface area contributed by atoms with Crippen molar-refractivity contribution in [2.24, 2.45) is 0 Å². The number of fused-ring (bicyclic) bond motifs is 1. The second-order valence-electron chi connectivity index (χ2n) is 10.3. The number of benzene rings is 2. The first-order chi connectivity index (χ1) is 16.5. The van der Waals surface area contributed by atoms with E-state index in [1.54, 1.807) is 6.07 Å². The molecule has 2 heterocycles. The largest absolute Gasteiger partial charge is 0.476 e. The Bertz CT molecular complexity index is 1150. The van der Waals surface area contributed by atoms with Gasteiger partial charge in [-0.05, 0) is 34.2 Å². The first-order valence-corrected chi connectivity index (χ1v) is 13.8. The lowest BCUT2D eigenvalue weighted by Crippen LogP contribution is -2.50. The molecule has 0 spiro atoms. The van der Waals surface area contributed by atoms with E-state index in [0.29, 0.717) is 18.0 Å². The lowest BCUT2D eigenvalue weighted by molar-refractivity contribution is -0.127. The molecule has 0 radical (unpaired) electrons. The van der Waals surface area contributed by atoms with Crippen molar-refractivity contribution in [3.05, 3.63) is 59.2 Å². The summed E-state index contributed by atoms with van der Waals surface area (Å²) in [6.07, 6.45) is 0.220. The van der Waals surface area contributed by atoms with Gasteiger partial charge < -0.3 is 14.8 Å². The number of carbonyl (C=O) groups is 1. The van der Waals surface area contributed by atoms with Gasteiger partial charge in [0.05, 0.1) is 31.7 Å². The Morgan fingerprint density at radius 3 is 2.34 bits per heavy atom. The van der Waals surface area contributed by atoms with Gasteiger partial charge in [-0.3, -0.25) is 14.0 Å². The van der Waals surface area contributed by atoms with Crippen LogP contribution in [0, 0.1) is 0 Å². The Morgan fingerprint density at radius 1 is 1.06 bits per heavy atom. The van der Waals surface area contributed by atoms with Gasteiger partial charge in [0.15, 0.2) is 6.10 Å². The maximum absolute atomic E-state index is 12.9. The molecule has 0 aromatic heterocycles. The third-order valence-electron chi connectivity index (χ3n) is 6.39. The summed E-state index contributed by atoms with van der Waals surface area (Å²) in [5.74, 6) is 0.0453. The molecule has 2 aliphatic heterocycles. The van der Waals surface area contributed by atoms with Crippen LogP contribution in [0.2, 0.25) is 0 Å². The predicted molar refractivity (Wildman–Crippen MR) is 136 cm³/mol. The first kappa shape index (κ1) is 25.5. The number of nitrogens with zero attached hydrogens (tertiary/aromatic N) is 2. The van der Waals surface area contributed by atoms with E-state index < -0.39 is 16.1 Å². The molecule has 0 saturated carbocycles. The molecule has 0 bridgehead atoms. The summed E-state index contributed by atoms with van der Waals surface area (Å²) < 4.78 is 37.7. The van der Waals surface area contributed by atoms with E-state index in [1.165, 1.54) is 9.87 Å². The molecule has 8 nitrogen and oxygen atoms in total. The summed E-state index contributed by atoms with van der Waals surface area (Å²) in [6.45, 7) is 10.8. The molecule has 1 amide bonds. The van der Waals surface area contributed by atoms with Crippen molar-refractivity contribution in [2.45, 2.75) is 45.4 Å². The van der Waals surface area contributed by atoms with Crippen molar-refractivity contribution < 1.29 is 22.7 Å². The van der Waals surface area contributed by atoms with Gasteiger partial charge in [0.1, 0.15) is 5.75 Å². The number of nitrogens with one attached hydrogen (secondary N) is 1. The van der Waals surface area contributed by atoms with Crippen LogP contribution in [-0.4, -0.2) is 64.4 Å². The van der Waals surface area contributed by atoms with E-state index in [4.69, 9.17) is 9.47 Å². The summed E-state index contributed by atoms with van der Waals surface area (Å²) >= 11 is 0. The van der Waals surface area contributed by atoms with Crippen LogP contribution in [0.5, 0.6) is 5.75 Å². The first-order valence-electron chi connectivity index (χ1n) is 12.0. The highest BCUT2D eigenvalue weighted by Crippen LogP contribution is 2.38. The van der Waals surface area contributed by atoms with Crippen LogP contribution in [-0.2, 0) is 38.1 Å². The number of hydrogen-bond donors (Lipinski definition) is 1. The van der Waals surface area contributed by atoms with Crippen LogP contribution in [0.1, 0.15) is 37.5 Å². The van der Waals surface area contributed by atoms with Crippen LogP contribution in [0.15, 0.2) is 42.5 Å². The fraction of sp³-hybridized carbons (Fsp3) is 0.500. The molecule has 1 fully saturated rings. The van der Waals surface area contributed by atoms with E-state index in [-0.39, 0.29) is 17.9 Å². The van der Waals surface area contributed by atoms with E-state index in [1.807, 2.05) is 24.3 Å². The van der Waals surface area contributed by atoms with Gasteiger partial charge in [-0.25, -0.2) is 8.42 Å². The Hall–Kier alpha value is -2.62. The number of ether oxygens (including phenoxy) is 2. The fourth-order valence-electron chi connectivity index (χ4n) is 4.25. The molecule has 0 unspecified atom stereocenters. The van der Waals surface area contributed by atoms with Crippen molar-refractivity contribution in [2.75, 3.05) is 43.4 Å². The molecule has 35 heavy (non-hydrogen) atoms. The van der Waals surface area contributed by atoms with Crippen molar-refractivity contribution in [3.8, 4) is 5.75 Å². The molecule has 2 aromatic carbocycles. The summed E-state index contributed by atoms with van der Waals surface area (Å²) in [4.78, 5) is 15.3. The lowest BCUT2D eigenvalue weighted by Gasteiger charge is -2.35. The summed E-state index contributed by atoms with van der Waals surface area (Å²) in [7, 11) is -3.59. The molecule has 1 saturated heterocycles. The number of sulfonamides is 1. The predicted octanol–water partition coefficient (Wildman–Crippen LogP) is 2.66. The fourth-order valence-corrected chi connectivity index (χ4v) is 5.16. The number of rotatable bonds is 6. The standard InChI is InChI=1S/C26H35N3O5S/c1-26(2,3)21-9-10-23-22(15-21)29(35(4,31)32)18-24(34-23)25(30)27-16-19-5-7-20(8-6-19)17-28-11-13-33-14-12-28/h5-10,15,24H,11-14,16-18H2,1-4H3,(H,27,30)/t24-/m0/s1. The smallest absolute Gasteiger partial charge is 0.263 e. The monoisotopic (exact) mass is 501 g/mol. The van der Waals surface area contributed by atoms with Crippen molar-refractivity contribution in [1.29, 1.82) is 0 Å². The van der Waals surface area contributed by atoms with Crippen molar-refractivity contribution >= 4 is 21.6 Å². The number of hydrogen-bond acceptors (Lipinski definition) is 6. The topological polar surface area (TPSA) is 88.2 Å². The normalized spacial score (nSPS) is 19.1. The Labute approximate surface area is 208 Å². The van der Waals surface area contributed by atoms with Crippen LogP contribution < -0.4 is 14.4 Å². The highest BCUT2D eigenvalue weighted by atomic mass is 32.2. The average molecular weight is 502 g/mol. The minimum absolute atomic E-state index is 0.0657. The molecule has 1 N–H and O–H groups in total. The summed E-state index contributed by atoms with van der Waals surface area (Å²) in [5.41, 5.74) is 3.50. The minimum atomic E-state index is -3.59. The number of morpholine rings is 1. The quantitative estimate of drug-likeness (QED) is 0.655. The Morgan fingerprint density at radius 2 is 1.71 bits per heavy atom. The maximum atomic E-state index is 12.9. The van der Waals surface area contributed by atoms with E-state index >= 15 is 0 Å². The van der Waals surface area contributed by atoms with Gasteiger partial charge in [0.25, 0.3) is 5.91 Å². The molecular formula is C26H35N3O5S. The van der Waals surface area contributed by atoms with Gasteiger partial charge in [0.2, 0.25) is 10.0 Å². The van der Waals surface area contributed by atoms with Crippen molar-refractivity contribution in [3.63, 3.8) is 0 Å². The summed E-state index contributed by atoms with van der Waals surface area (Å²) in [5, 5.41) is 2.90. The number of amides is 1. The molecule has 1 atom stereocenters. The molecule has 190 valence electrons. The zero-order valence-corrected chi connectivity index (χ0v) is 21.7. The van der Waals surface area contributed by atoms with Gasteiger partial charge in [-0.1, -0.05) is 51.1 Å². The third kappa shape index (κ3) is 6.34. The van der Waals surface area contributed by atoms with E-state index in [0.717, 1.165) is 50.2 Å². The van der Waals surface area contributed by atoms with Gasteiger partial charge in [-0.15, -0.1) is 0 Å². The van der Waals surface area contributed by atoms with E-state index in [2.05, 4.69) is 43.1 Å². The average Bonchev–Trinajstić information content (AvgIpc) is 2.82. The SMILES string of the molecule is CC(C)(C)c1ccc2c(c1)N(S(C)(=O)=O)C[C@@H](C(=O)NCc1ccc(CN3CCOCC3)cc1)O2. The Balaban J connectivity index is 1.40. The molecule has 2 aromatic rings. The third-order valence-corrected chi connectivity index (χ3v) is 7.53. The molecule has 0 aliphatic carbocycles. The zero-order valence-electron chi connectivity index (χ0n) is 20.9. The second kappa shape index (κ2) is 10.2. The zero-order chi connectivity index (χ0) is 25.2. The van der Waals surface area contributed by atoms with Crippen LogP contribution in [0.4, 0.5) is 5.69 Å². The van der Waals surface area contributed by atoms with Crippen LogP contribution >= 0.6 is 0 Å². The van der Waals surface area contributed by atoms with Gasteiger partial charge in [-0.2, -0.15) is 0 Å². The highest BCUT2D eigenvalue weighted by molar-refractivity contribution is 7.92. The van der Waals surface area contributed by atoms with Crippen LogP contribution in [0.25, 0.3) is 0 Å². The van der Waals surface area contributed by atoms with Gasteiger partial charge >= 0.3 is 0 Å². The molecule has 4 rings (SSSR count). The van der Waals surface area contributed by atoms with Crippen molar-refractivity contribution in [1.82, 2.24) is 10.2 Å². The molecule has 9 heteroatoms. The number of anilines is 1. The number of carbonyl (C=O) groups excluding carboxylic acids is 1. The summed E-state index contributed by atoms with van der Waals surface area (Å²) in [6, 6.07) is 13.7. The second-order valence-corrected chi connectivity index (χ2v) is 12.2. The molecule has 2 aliphatic rings. The van der Waals surface area contributed by atoms with Gasteiger partial charge in [0, 0.05) is 26.2 Å².